The van der Waals surface area contributed by atoms with Crippen LogP contribution in [-0.2, 0) is 20.9 Å². The van der Waals surface area contributed by atoms with Gasteiger partial charge >= 0.3 is 5.97 Å². The molecule has 1 aromatic carbocycles. The van der Waals surface area contributed by atoms with Crippen LogP contribution in [0.1, 0.15) is 19.5 Å². The van der Waals surface area contributed by atoms with Gasteiger partial charge in [-0.05, 0) is 38.1 Å². The molecule has 0 bridgehead atoms. The average Bonchev–Trinajstić information content (AvgIpc) is 2.68. The molecule has 1 aromatic heterocycles. The summed E-state index contributed by atoms with van der Waals surface area (Å²) >= 11 is 0. The third kappa shape index (κ3) is 6.03. The topological polar surface area (TPSA) is 91.6 Å². The Labute approximate surface area is 158 Å². The second-order valence-corrected chi connectivity index (χ2v) is 5.50. The van der Waals surface area contributed by atoms with E-state index in [1.807, 2.05) is 12.1 Å². The number of hydrogen-bond donors (Lipinski definition) is 0. The number of nitrogens with zero attached hydrogens (tertiary/aromatic N) is 3. The monoisotopic (exact) mass is 373 g/mol. The summed E-state index contributed by atoms with van der Waals surface area (Å²) in [6, 6.07) is 8.06. The summed E-state index contributed by atoms with van der Waals surface area (Å²) < 4.78 is 21.0. The van der Waals surface area contributed by atoms with Gasteiger partial charge in [0.05, 0.1) is 32.2 Å². The van der Waals surface area contributed by atoms with Crippen molar-refractivity contribution in [3.8, 4) is 17.2 Å². The first kappa shape index (κ1) is 20.3. The van der Waals surface area contributed by atoms with Crippen molar-refractivity contribution in [2.24, 2.45) is 10.2 Å². The highest BCUT2D eigenvalue weighted by Gasteiger charge is 2.13. The number of ether oxygens (including phenoxy) is 4. The molecule has 0 amide bonds. The molecule has 0 radical (unpaired) electrons. The molecule has 2 rings (SSSR count). The third-order valence-corrected chi connectivity index (χ3v) is 3.44. The Morgan fingerprint density at radius 3 is 2.59 bits per heavy atom. The first-order valence-electron chi connectivity index (χ1n) is 8.44. The lowest BCUT2D eigenvalue weighted by atomic mass is 10.3. The van der Waals surface area contributed by atoms with Crippen molar-refractivity contribution < 1.29 is 23.7 Å². The van der Waals surface area contributed by atoms with Gasteiger partial charge in [0.2, 0.25) is 0 Å². The molecule has 1 heterocycles. The van der Waals surface area contributed by atoms with Crippen molar-refractivity contribution in [2.75, 3.05) is 20.8 Å². The molecule has 0 saturated carbocycles. The van der Waals surface area contributed by atoms with Crippen LogP contribution in [0.4, 0.5) is 5.69 Å². The highest BCUT2D eigenvalue weighted by atomic mass is 16.5. The highest BCUT2D eigenvalue weighted by Crippen LogP contribution is 2.33. The molecule has 0 aliphatic heterocycles. The van der Waals surface area contributed by atoms with Crippen molar-refractivity contribution in [1.29, 1.82) is 0 Å². The van der Waals surface area contributed by atoms with Crippen LogP contribution in [0.3, 0.4) is 0 Å². The predicted octanol–water partition coefficient (Wildman–Crippen LogP) is 4.06. The molecule has 0 aliphatic carbocycles. The lowest BCUT2D eigenvalue weighted by molar-refractivity contribution is -0.144. The summed E-state index contributed by atoms with van der Waals surface area (Å²) in [5, 5.41) is 8.05. The van der Waals surface area contributed by atoms with Gasteiger partial charge in [0.1, 0.15) is 22.9 Å². The lowest BCUT2D eigenvalue weighted by Gasteiger charge is -2.10. The summed E-state index contributed by atoms with van der Waals surface area (Å²) in [7, 11) is 3.14. The molecule has 1 unspecified atom stereocenters. The quantitative estimate of drug-likeness (QED) is 0.486. The minimum absolute atomic E-state index is 0.301. The Balaban J connectivity index is 2.09. The maximum Gasteiger partial charge on any atom is 0.332 e. The van der Waals surface area contributed by atoms with Crippen molar-refractivity contribution in [3.63, 3.8) is 0 Å². The number of carbonyl (C=O) groups is 1. The number of azo groups is 1. The van der Waals surface area contributed by atoms with Crippen molar-refractivity contribution in [1.82, 2.24) is 4.98 Å². The summed E-state index contributed by atoms with van der Waals surface area (Å²) in [5.41, 5.74) is 1.29. The molecule has 144 valence electrons. The van der Waals surface area contributed by atoms with E-state index >= 15 is 0 Å². The molecule has 0 N–H and O–H groups in total. The van der Waals surface area contributed by atoms with Crippen LogP contribution in [0.25, 0.3) is 0 Å². The first-order valence-corrected chi connectivity index (χ1v) is 8.44. The number of rotatable bonds is 9. The molecule has 8 heteroatoms. The maximum atomic E-state index is 11.6. The Morgan fingerprint density at radius 2 is 1.96 bits per heavy atom. The molecule has 8 nitrogen and oxygen atoms in total. The van der Waals surface area contributed by atoms with E-state index in [-0.39, 0.29) is 0 Å². The SMILES string of the molecule is CCOC(=O)C(C)N=Nc1ccc(Oc2ccc(COC)nc2)cc1OC. The molecule has 1 atom stereocenters. The molecule has 2 aromatic rings. The molecule has 27 heavy (non-hydrogen) atoms. The molecule has 0 aliphatic rings. The Bertz CT molecular complexity index is 777. The van der Waals surface area contributed by atoms with Gasteiger partial charge in [-0.2, -0.15) is 10.2 Å². The number of hydrogen-bond acceptors (Lipinski definition) is 8. The molecular weight excluding hydrogens is 350 g/mol. The molecule has 0 spiro atoms. The van der Waals surface area contributed by atoms with Crippen molar-refractivity contribution >= 4 is 11.7 Å². The zero-order valence-electron chi connectivity index (χ0n) is 15.8. The second kappa shape index (κ2) is 10.2. The fraction of sp³-hybridized carbons (Fsp3) is 0.368. The summed E-state index contributed by atoms with van der Waals surface area (Å²) in [6.45, 7) is 4.10. The van der Waals surface area contributed by atoms with Crippen LogP contribution < -0.4 is 9.47 Å². The van der Waals surface area contributed by atoms with Gasteiger partial charge in [0, 0.05) is 13.2 Å². The minimum Gasteiger partial charge on any atom is -0.494 e. The Hall–Kier alpha value is -3.00. The van der Waals surface area contributed by atoms with Crippen LogP contribution in [0.15, 0.2) is 46.8 Å². The van der Waals surface area contributed by atoms with Gasteiger partial charge in [0.25, 0.3) is 0 Å². The van der Waals surface area contributed by atoms with E-state index in [1.54, 1.807) is 45.4 Å². The summed E-state index contributed by atoms with van der Waals surface area (Å²) in [5.74, 6) is 1.19. The Kier molecular flexibility index (Phi) is 7.69. The van der Waals surface area contributed by atoms with E-state index in [2.05, 4.69) is 15.2 Å². The number of methoxy groups -OCH3 is 2. The van der Waals surface area contributed by atoms with E-state index in [1.165, 1.54) is 7.11 Å². The number of benzene rings is 1. The number of aromatic nitrogens is 1. The van der Waals surface area contributed by atoms with Crippen LogP contribution in [0, 0.1) is 0 Å². The smallest absolute Gasteiger partial charge is 0.332 e. The predicted molar refractivity (Wildman–Crippen MR) is 98.6 cm³/mol. The van der Waals surface area contributed by atoms with Crippen LogP contribution in [-0.4, -0.2) is 37.8 Å². The zero-order chi connectivity index (χ0) is 19.6. The molecular formula is C19H23N3O5. The molecule has 0 saturated heterocycles. The fourth-order valence-electron chi connectivity index (χ4n) is 2.10. The minimum atomic E-state index is -0.692. The van der Waals surface area contributed by atoms with Crippen LogP contribution in [0.5, 0.6) is 17.2 Å². The lowest BCUT2D eigenvalue weighted by Crippen LogP contribution is -2.17. The Morgan fingerprint density at radius 1 is 1.19 bits per heavy atom. The highest BCUT2D eigenvalue weighted by molar-refractivity contribution is 5.75. The fourth-order valence-corrected chi connectivity index (χ4v) is 2.10. The van der Waals surface area contributed by atoms with Gasteiger partial charge in [-0.25, -0.2) is 4.79 Å². The largest absolute Gasteiger partial charge is 0.494 e. The van der Waals surface area contributed by atoms with Crippen molar-refractivity contribution in [2.45, 2.75) is 26.5 Å². The summed E-state index contributed by atoms with van der Waals surface area (Å²) in [4.78, 5) is 15.8. The van der Waals surface area contributed by atoms with Gasteiger partial charge in [-0.3, -0.25) is 4.98 Å². The first-order chi connectivity index (χ1) is 13.1. The second-order valence-electron chi connectivity index (χ2n) is 5.50. The molecule has 0 fully saturated rings. The normalized spacial score (nSPS) is 12.0. The van der Waals surface area contributed by atoms with Gasteiger partial charge in [-0.15, -0.1) is 0 Å². The number of esters is 1. The maximum absolute atomic E-state index is 11.6. The zero-order valence-corrected chi connectivity index (χ0v) is 15.8. The van der Waals surface area contributed by atoms with E-state index in [0.717, 1.165) is 5.69 Å². The standard InChI is InChI=1S/C19H23N3O5/c1-5-26-19(23)13(2)21-22-17-9-8-15(10-18(17)25-4)27-16-7-6-14(12-24-3)20-11-16/h6-11,13H,5,12H2,1-4H3. The van der Waals surface area contributed by atoms with Crippen molar-refractivity contribution in [3.05, 3.63) is 42.2 Å². The van der Waals surface area contributed by atoms with E-state index in [4.69, 9.17) is 18.9 Å². The third-order valence-electron chi connectivity index (χ3n) is 3.44. The average molecular weight is 373 g/mol. The van der Waals surface area contributed by atoms with Gasteiger partial charge < -0.3 is 18.9 Å². The van der Waals surface area contributed by atoms with E-state index < -0.39 is 12.0 Å². The summed E-state index contributed by atoms with van der Waals surface area (Å²) in [6.07, 6.45) is 1.62. The number of pyridine rings is 1. The van der Waals surface area contributed by atoms with E-state index in [9.17, 15) is 4.79 Å². The van der Waals surface area contributed by atoms with Crippen LogP contribution >= 0.6 is 0 Å². The van der Waals surface area contributed by atoms with E-state index in [0.29, 0.717) is 36.1 Å². The van der Waals surface area contributed by atoms with Gasteiger partial charge in [-0.1, -0.05) is 0 Å². The van der Waals surface area contributed by atoms with Crippen LogP contribution in [0.2, 0.25) is 0 Å². The number of carbonyl (C=O) groups excluding carboxylic acids is 1. The van der Waals surface area contributed by atoms with Gasteiger partial charge in [0.15, 0.2) is 6.04 Å².